The molecule has 2 N–H and O–H groups in total. The molecule has 0 spiro atoms. The zero-order chi connectivity index (χ0) is 9.68. The fraction of sp³-hybridized carbons (Fsp3) is 0.750. The lowest BCUT2D eigenvalue weighted by Gasteiger charge is -2.05. The molecule has 0 aliphatic heterocycles. The summed E-state index contributed by atoms with van der Waals surface area (Å²) in [5, 5.41) is 7.86. The van der Waals surface area contributed by atoms with Crippen LogP contribution in [0.15, 0.2) is 6.20 Å². The molecule has 1 aromatic heterocycles. The molecule has 1 heterocycles. The second kappa shape index (κ2) is 5.24. The van der Waals surface area contributed by atoms with Gasteiger partial charge < -0.3 is 5.73 Å². The minimum Gasteiger partial charge on any atom is -0.330 e. The number of rotatable bonds is 5. The third-order valence-electron chi connectivity index (χ3n) is 1.70. The lowest BCUT2D eigenvalue weighted by atomic mass is 10.2. The smallest absolute Gasteiger partial charge is 0.0925 e. The lowest BCUT2D eigenvalue weighted by Crippen LogP contribution is -2.12. The van der Waals surface area contributed by atoms with Crippen molar-refractivity contribution in [3.63, 3.8) is 0 Å². The highest BCUT2D eigenvalue weighted by Gasteiger charge is 2.01. The maximum Gasteiger partial charge on any atom is 0.0925 e. The Labute approximate surface area is 82.9 Å². The monoisotopic (exact) mass is 200 g/mol. The van der Waals surface area contributed by atoms with Crippen molar-refractivity contribution in [1.29, 1.82) is 0 Å². The van der Waals surface area contributed by atoms with E-state index in [1.54, 1.807) is 4.68 Å². The minimum absolute atomic E-state index is 0.585. The zero-order valence-electron chi connectivity index (χ0n) is 8.10. The van der Waals surface area contributed by atoms with E-state index < -0.39 is 0 Å². The molecule has 1 rings (SSSR count). The third kappa shape index (κ3) is 3.78. The highest BCUT2D eigenvalue weighted by Crippen LogP contribution is 2.12. The Hall–Kier alpha value is -0.550. The fourth-order valence-electron chi connectivity index (χ4n) is 0.894. The summed E-state index contributed by atoms with van der Waals surface area (Å²) in [6.07, 6.45) is 1.94. The Kier molecular flexibility index (Phi) is 4.24. The first-order valence-electron chi connectivity index (χ1n) is 4.35. The number of nitrogens with zero attached hydrogens (tertiary/aromatic N) is 3. The van der Waals surface area contributed by atoms with Crippen molar-refractivity contribution in [3.8, 4) is 0 Å². The Bertz CT molecular complexity index is 248. The molecule has 1 aromatic rings. The molecule has 0 radical (unpaired) electrons. The summed E-state index contributed by atoms with van der Waals surface area (Å²) in [7, 11) is 1.88. The molecule has 0 aliphatic carbocycles. The van der Waals surface area contributed by atoms with Gasteiger partial charge in [-0.05, 0) is 18.2 Å². The third-order valence-corrected chi connectivity index (χ3v) is 3.01. The van der Waals surface area contributed by atoms with Gasteiger partial charge in [-0.25, -0.2) is 0 Å². The van der Waals surface area contributed by atoms with Gasteiger partial charge in [0.15, 0.2) is 0 Å². The molecule has 0 aromatic carbocycles. The molecular formula is C8H16N4S. The first kappa shape index (κ1) is 10.5. The van der Waals surface area contributed by atoms with Gasteiger partial charge in [0.05, 0.1) is 5.69 Å². The van der Waals surface area contributed by atoms with Gasteiger partial charge in [0, 0.05) is 19.0 Å². The molecule has 0 fully saturated rings. The number of aryl methyl sites for hydroxylation is 1. The van der Waals surface area contributed by atoms with Crippen LogP contribution in [0.1, 0.15) is 12.6 Å². The van der Waals surface area contributed by atoms with Gasteiger partial charge in [-0.1, -0.05) is 12.1 Å². The number of nitrogens with two attached hydrogens (primary N) is 1. The van der Waals surface area contributed by atoms with E-state index in [4.69, 9.17) is 5.73 Å². The highest BCUT2D eigenvalue weighted by atomic mass is 32.2. The standard InChI is InChI=1S/C8H16N4S/c1-7(3-9)5-13-6-8-4-12(2)11-10-8/h4,7H,3,5-6,9H2,1-2H3. The van der Waals surface area contributed by atoms with E-state index in [-0.39, 0.29) is 0 Å². The van der Waals surface area contributed by atoms with Gasteiger partial charge in [0.1, 0.15) is 0 Å². The average molecular weight is 200 g/mol. The van der Waals surface area contributed by atoms with Crippen molar-refractivity contribution in [2.24, 2.45) is 18.7 Å². The molecule has 4 nitrogen and oxygen atoms in total. The maximum atomic E-state index is 5.51. The first-order valence-corrected chi connectivity index (χ1v) is 5.51. The van der Waals surface area contributed by atoms with Crippen LogP contribution >= 0.6 is 11.8 Å². The zero-order valence-corrected chi connectivity index (χ0v) is 8.92. The molecular weight excluding hydrogens is 184 g/mol. The molecule has 0 amide bonds. The molecule has 0 aliphatic rings. The van der Waals surface area contributed by atoms with Crippen LogP contribution in [0.25, 0.3) is 0 Å². The van der Waals surface area contributed by atoms with E-state index in [9.17, 15) is 0 Å². The van der Waals surface area contributed by atoms with Crippen molar-refractivity contribution < 1.29 is 0 Å². The van der Waals surface area contributed by atoms with Crippen LogP contribution in [0.3, 0.4) is 0 Å². The summed E-state index contributed by atoms with van der Waals surface area (Å²) in [5.74, 6) is 2.60. The Morgan fingerprint density at radius 3 is 3.00 bits per heavy atom. The molecule has 0 saturated heterocycles. The minimum atomic E-state index is 0.585. The normalized spacial score (nSPS) is 13.2. The molecule has 74 valence electrons. The Morgan fingerprint density at radius 2 is 2.46 bits per heavy atom. The van der Waals surface area contributed by atoms with E-state index in [2.05, 4.69) is 17.2 Å². The van der Waals surface area contributed by atoms with Gasteiger partial charge in [-0.3, -0.25) is 4.68 Å². The molecule has 1 unspecified atom stereocenters. The first-order chi connectivity index (χ1) is 6.22. The number of aromatic nitrogens is 3. The largest absolute Gasteiger partial charge is 0.330 e. The molecule has 0 bridgehead atoms. The summed E-state index contributed by atoms with van der Waals surface area (Å²) in [6, 6.07) is 0. The van der Waals surface area contributed by atoms with Crippen LogP contribution in [-0.4, -0.2) is 27.3 Å². The van der Waals surface area contributed by atoms with Crippen LogP contribution in [0.4, 0.5) is 0 Å². The lowest BCUT2D eigenvalue weighted by molar-refractivity contribution is 0.675. The molecule has 13 heavy (non-hydrogen) atoms. The van der Waals surface area contributed by atoms with Crippen molar-refractivity contribution >= 4 is 11.8 Å². The summed E-state index contributed by atoms with van der Waals surface area (Å²) in [6.45, 7) is 2.91. The van der Waals surface area contributed by atoms with Gasteiger partial charge in [-0.15, -0.1) is 5.10 Å². The molecule has 1 atom stereocenters. The Balaban J connectivity index is 2.20. The van der Waals surface area contributed by atoms with Crippen LogP contribution < -0.4 is 5.73 Å². The summed E-state index contributed by atoms with van der Waals surface area (Å²) >= 11 is 1.86. The van der Waals surface area contributed by atoms with E-state index in [1.807, 2.05) is 25.0 Å². The maximum absolute atomic E-state index is 5.51. The summed E-state index contributed by atoms with van der Waals surface area (Å²) in [4.78, 5) is 0. The Morgan fingerprint density at radius 1 is 1.69 bits per heavy atom. The van der Waals surface area contributed by atoms with Crippen molar-refractivity contribution in [2.45, 2.75) is 12.7 Å². The average Bonchev–Trinajstić information content (AvgIpc) is 2.51. The van der Waals surface area contributed by atoms with E-state index in [1.165, 1.54) is 0 Å². The summed E-state index contributed by atoms with van der Waals surface area (Å²) in [5.41, 5.74) is 6.55. The predicted molar refractivity (Wildman–Crippen MR) is 55.4 cm³/mol. The predicted octanol–water partition coefficient (Wildman–Crippen LogP) is 0.643. The van der Waals surface area contributed by atoms with Gasteiger partial charge >= 0.3 is 0 Å². The quantitative estimate of drug-likeness (QED) is 0.758. The van der Waals surface area contributed by atoms with Gasteiger partial charge in [0.2, 0.25) is 0 Å². The number of hydrogen-bond donors (Lipinski definition) is 1. The van der Waals surface area contributed by atoms with Crippen molar-refractivity contribution in [3.05, 3.63) is 11.9 Å². The topological polar surface area (TPSA) is 56.7 Å². The van der Waals surface area contributed by atoms with E-state index >= 15 is 0 Å². The van der Waals surface area contributed by atoms with Crippen molar-refractivity contribution in [1.82, 2.24) is 15.0 Å². The number of hydrogen-bond acceptors (Lipinski definition) is 4. The highest BCUT2D eigenvalue weighted by molar-refractivity contribution is 7.98. The number of thioether (sulfide) groups is 1. The van der Waals surface area contributed by atoms with Crippen LogP contribution in [0, 0.1) is 5.92 Å². The van der Waals surface area contributed by atoms with Crippen molar-refractivity contribution in [2.75, 3.05) is 12.3 Å². The molecule has 5 heteroatoms. The van der Waals surface area contributed by atoms with Crippen LogP contribution in [0.5, 0.6) is 0 Å². The van der Waals surface area contributed by atoms with Crippen LogP contribution in [0.2, 0.25) is 0 Å². The fourth-order valence-corrected chi connectivity index (χ4v) is 1.89. The second-order valence-electron chi connectivity index (χ2n) is 3.24. The van der Waals surface area contributed by atoms with Gasteiger partial charge in [-0.2, -0.15) is 11.8 Å². The van der Waals surface area contributed by atoms with E-state index in [0.29, 0.717) is 5.92 Å². The van der Waals surface area contributed by atoms with E-state index in [0.717, 1.165) is 23.7 Å². The van der Waals surface area contributed by atoms with Gasteiger partial charge in [0.25, 0.3) is 0 Å². The second-order valence-corrected chi connectivity index (χ2v) is 4.27. The molecule has 0 saturated carbocycles. The summed E-state index contributed by atoms with van der Waals surface area (Å²) < 4.78 is 1.72. The SMILES string of the molecule is CC(CN)CSCc1cn(C)nn1. The van der Waals surface area contributed by atoms with Crippen LogP contribution in [-0.2, 0) is 12.8 Å².